The van der Waals surface area contributed by atoms with Crippen molar-refractivity contribution in [1.29, 1.82) is 0 Å². The summed E-state index contributed by atoms with van der Waals surface area (Å²) in [6, 6.07) is 12.6. The average molecular weight is 423 g/mol. The normalized spacial score (nSPS) is 11.5. The zero-order chi connectivity index (χ0) is 19.1. The lowest BCUT2D eigenvalue weighted by molar-refractivity contribution is -0.142. The van der Waals surface area contributed by atoms with E-state index in [9.17, 15) is 14.0 Å². The Kier molecular flexibility index (Phi) is 7.15. The number of ether oxygens (including phenoxy) is 1. The minimum Gasteiger partial charge on any atom is -0.481 e. The highest BCUT2D eigenvalue weighted by molar-refractivity contribution is 9.10. The van der Waals surface area contributed by atoms with E-state index in [1.807, 2.05) is 24.3 Å². The fourth-order valence-electron chi connectivity index (χ4n) is 2.41. The van der Waals surface area contributed by atoms with Crippen molar-refractivity contribution >= 4 is 27.7 Å². The molecule has 2 amide bonds. The third-order valence-corrected chi connectivity index (χ3v) is 4.34. The van der Waals surface area contributed by atoms with Crippen LogP contribution in [0.3, 0.4) is 0 Å². The zero-order valence-corrected chi connectivity index (χ0v) is 16.1. The van der Waals surface area contributed by atoms with Crippen LogP contribution in [0.2, 0.25) is 0 Å². The Morgan fingerprint density at radius 3 is 2.62 bits per heavy atom. The number of para-hydroxylation sites is 1. The standard InChI is InChI=1S/C19H20BrFN2O3/c1-13(19(25)22-2)23(11-14-6-5-7-15(20)10-14)18(24)12-26-17-9-4-3-8-16(17)21/h3-10,13H,11-12H2,1-2H3,(H,22,25)/t13-/m0/s1. The first-order chi connectivity index (χ1) is 12.4. The molecule has 5 nitrogen and oxygen atoms in total. The highest BCUT2D eigenvalue weighted by Crippen LogP contribution is 2.17. The van der Waals surface area contributed by atoms with Crippen LogP contribution in [0, 0.1) is 5.82 Å². The van der Waals surface area contributed by atoms with Gasteiger partial charge in [-0.05, 0) is 36.8 Å². The summed E-state index contributed by atoms with van der Waals surface area (Å²) in [4.78, 5) is 26.1. The van der Waals surface area contributed by atoms with E-state index in [1.165, 1.54) is 30.1 Å². The average Bonchev–Trinajstić information content (AvgIpc) is 2.64. The zero-order valence-electron chi connectivity index (χ0n) is 14.5. The predicted molar refractivity (Wildman–Crippen MR) is 100 cm³/mol. The largest absolute Gasteiger partial charge is 0.481 e. The number of carbonyl (C=O) groups excluding carboxylic acids is 2. The lowest BCUT2D eigenvalue weighted by Crippen LogP contribution is -2.48. The second kappa shape index (κ2) is 9.33. The van der Waals surface area contributed by atoms with Gasteiger partial charge < -0.3 is 15.0 Å². The molecular weight excluding hydrogens is 403 g/mol. The van der Waals surface area contributed by atoms with Gasteiger partial charge in [-0.3, -0.25) is 9.59 Å². The lowest BCUT2D eigenvalue weighted by atomic mass is 10.1. The van der Waals surface area contributed by atoms with Crippen LogP contribution in [0.4, 0.5) is 4.39 Å². The van der Waals surface area contributed by atoms with Gasteiger partial charge in [0, 0.05) is 18.1 Å². The molecule has 0 heterocycles. The number of hydrogen-bond donors (Lipinski definition) is 1. The molecule has 0 radical (unpaired) electrons. The fourth-order valence-corrected chi connectivity index (χ4v) is 2.85. The van der Waals surface area contributed by atoms with E-state index in [0.717, 1.165) is 10.0 Å². The van der Waals surface area contributed by atoms with Gasteiger partial charge in [-0.15, -0.1) is 0 Å². The third-order valence-electron chi connectivity index (χ3n) is 3.84. The van der Waals surface area contributed by atoms with E-state index >= 15 is 0 Å². The molecule has 0 bridgehead atoms. The van der Waals surface area contributed by atoms with Crippen molar-refractivity contribution in [2.75, 3.05) is 13.7 Å². The number of amides is 2. The van der Waals surface area contributed by atoms with Gasteiger partial charge in [-0.1, -0.05) is 40.2 Å². The van der Waals surface area contributed by atoms with Crippen LogP contribution < -0.4 is 10.1 Å². The van der Waals surface area contributed by atoms with Crippen LogP contribution in [0.5, 0.6) is 5.75 Å². The van der Waals surface area contributed by atoms with Crippen LogP contribution in [-0.4, -0.2) is 36.4 Å². The molecular formula is C19H20BrFN2O3. The van der Waals surface area contributed by atoms with Crippen molar-refractivity contribution in [2.45, 2.75) is 19.5 Å². The van der Waals surface area contributed by atoms with Gasteiger partial charge in [0.15, 0.2) is 18.2 Å². The predicted octanol–water partition coefficient (Wildman–Crippen LogP) is 3.13. The summed E-state index contributed by atoms with van der Waals surface area (Å²) in [5, 5.41) is 2.54. The number of hydrogen-bond acceptors (Lipinski definition) is 3. The molecule has 26 heavy (non-hydrogen) atoms. The first-order valence-corrected chi connectivity index (χ1v) is 8.84. The molecule has 138 valence electrons. The van der Waals surface area contributed by atoms with Crippen LogP contribution in [-0.2, 0) is 16.1 Å². The lowest BCUT2D eigenvalue weighted by Gasteiger charge is -2.28. The summed E-state index contributed by atoms with van der Waals surface area (Å²) in [6.45, 7) is 1.50. The van der Waals surface area contributed by atoms with Crippen molar-refractivity contribution in [1.82, 2.24) is 10.2 Å². The smallest absolute Gasteiger partial charge is 0.261 e. The second-order valence-corrected chi connectivity index (χ2v) is 6.58. The summed E-state index contributed by atoms with van der Waals surface area (Å²) in [5.74, 6) is -1.25. The number of carbonyl (C=O) groups is 2. The van der Waals surface area contributed by atoms with E-state index in [2.05, 4.69) is 21.2 Å². The number of nitrogens with one attached hydrogen (secondary N) is 1. The molecule has 0 aliphatic heterocycles. The van der Waals surface area contributed by atoms with E-state index in [4.69, 9.17) is 4.74 Å². The molecule has 1 N–H and O–H groups in total. The second-order valence-electron chi connectivity index (χ2n) is 5.66. The highest BCUT2D eigenvalue weighted by Gasteiger charge is 2.26. The van der Waals surface area contributed by atoms with Crippen LogP contribution in [0.15, 0.2) is 53.0 Å². The molecule has 0 fully saturated rings. The summed E-state index contributed by atoms with van der Waals surface area (Å²) < 4.78 is 19.8. The minimum atomic E-state index is -0.698. The van der Waals surface area contributed by atoms with E-state index in [1.54, 1.807) is 13.0 Å². The van der Waals surface area contributed by atoms with Gasteiger partial charge in [0.2, 0.25) is 5.91 Å². The molecule has 0 saturated carbocycles. The molecule has 0 aliphatic rings. The Labute approximate surface area is 160 Å². The summed E-state index contributed by atoms with van der Waals surface area (Å²) in [5.41, 5.74) is 0.856. The molecule has 0 aliphatic carbocycles. The molecule has 0 unspecified atom stereocenters. The Hall–Kier alpha value is -2.41. The number of likely N-dealkylation sites (N-methyl/N-ethyl adjacent to an activating group) is 1. The van der Waals surface area contributed by atoms with Crippen molar-refractivity contribution < 1.29 is 18.7 Å². The van der Waals surface area contributed by atoms with Gasteiger partial charge in [-0.2, -0.15) is 0 Å². The fraction of sp³-hybridized carbons (Fsp3) is 0.263. The van der Waals surface area contributed by atoms with E-state index in [-0.39, 0.29) is 24.8 Å². The molecule has 0 spiro atoms. The van der Waals surface area contributed by atoms with Crippen LogP contribution >= 0.6 is 15.9 Å². The summed E-state index contributed by atoms with van der Waals surface area (Å²) >= 11 is 3.39. The first kappa shape index (κ1) is 19.9. The molecule has 2 rings (SSSR count). The molecule has 0 saturated heterocycles. The Bertz CT molecular complexity index is 785. The Morgan fingerprint density at radius 1 is 1.23 bits per heavy atom. The van der Waals surface area contributed by atoms with Gasteiger partial charge in [0.1, 0.15) is 6.04 Å². The van der Waals surface area contributed by atoms with Gasteiger partial charge >= 0.3 is 0 Å². The van der Waals surface area contributed by atoms with Gasteiger partial charge in [0.05, 0.1) is 0 Å². The van der Waals surface area contributed by atoms with Crippen molar-refractivity contribution in [3.05, 3.63) is 64.4 Å². The topological polar surface area (TPSA) is 58.6 Å². The molecule has 0 aromatic heterocycles. The maximum absolute atomic E-state index is 13.7. The quantitative estimate of drug-likeness (QED) is 0.745. The minimum absolute atomic E-state index is 0.00384. The Balaban J connectivity index is 2.15. The van der Waals surface area contributed by atoms with Crippen molar-refractivity contribution in [3.8, 4) is 5.75 Å². The van der Waals surface area contributed by atoms with Crippen molar-refractivity contribution in [3.63, 3.8) is 0 Å². The molecule has 1 atom stereocenters. The van der Waals surface area contributed by atoms with E-state index in [0.29, 0.717) is 0 Å². The number of nitrogens with zero attached hydrogens (tertiary/aromatic N) is 1. The van der Waals surface area contributed by atoms with Gasteiger partial charge in [0.25, 0.3) is 5.91 Å². The molecule has 7 heteroatoms. The maximum atomic E-state index is 13.7. The van der Waals surface area contributed by atoms with E-state index < -0.39 is 17.8 Å². The number of benzene rings is 2. The van der Waals surface area contributed by atoms with Crippen LogP contribution in [0.25, 0.3) is 0 Å². The number of rotatable bonds is 7. The third kappa shape index (κ3) is 5.29. The highest BCUT2D eigenvalue weighted by atomic mass is 79.9. The summed E-state index contributed by atoms with van der Waals surface area (Å²) in [7, 11) is 1.51. The molecule has 2 aromatic carbocycles. The number of halogens is 2. The monoisotopic (exact) mass is 422 g/mol. The summed E-state index contributed by atoms with van der Waals surface area (Å²) in [6.07, 6.45) is 0. The maximum Gasteiger partial charge on any atom is 0.261 e. The van der Waals surface area contributed by atoms with Crippen LogP contribution in [0.1, 0.15) is 12.5 Å². The Morgan fingerprint density at radius 2 is 1.96 bits per heavy atom. The SMILES string of the molecule is CNC(=O)[C@H](C)N(Cc1cccc(Br)c1)C(=O)COc1ccccc1F. The molecule has 2 aromatic rings. The van der Waals surface area contributed by atoms with Gasteiger partial charge in [-0.25, -0.2) is 4.39 Å². The first-order valence-electron chi connectivity index (χ1n) is 8.05. The van der Waals surface area contributed by atoms with Crippen molar-refractivity contribution in [2.24, 2.45) is 0 Å².